The Balaban J connectivity index is 1.91. The van der Waals surface area contributed by atoms with E-state index in [1.54, 1.807) is 12.8 Å². The standard InChI is InChI=1S/C15H24/c1-9-5-6-14(3)13(2)8-12-11(7-10(9)13)15(12,14)4/h9-12H,5-8H2,1-4H3/t9-,10+,11-,12+,13-,14+,15-/m0/s1. The van der Waals surface area contributed by atoms with E-state index in [2.05, 4.69) is 27.7 Å². The lowest BCUT2D eigenvalue weighted by molar-refractivity contribution is -0.131. The highest BCUT2D eigenvalue weighted by atomic mass is 14.9. The van der Waals surface area contributed by atoms with Crippen LogP contribution in [0.1, 0.15) is 53.4 Å². The smallest absolute Gasteiger partial charge is 0.0204 e. The Hall–Kier alpha value is 0. The molecule has 0 amide bonds. The second-order valence-electron chi connectivity index (χ2n) is 7.81. The molecule has 5 aliphatic carbocycles. The van der Waals surface area contributed by atoms with E-state index in [1.165, 1.54) is 12.8 Å². The van der Waals surface area contributed by atoms with E-state index >= 15 is 0 Å². The molecule has 0 N–H and O–H groups in total. The van der Waals surface area contributed by atoms with Gasteiger partial charge >= 0.3 is 0 Å². The Bertz CT molecular complexity index is 346. The second kappa shape index (κ2) is 2.05. The minimum Gasteiger partial charge on any atom is -0.0622 e. The lowest BCUT2D eigenvalue weighted by atomic mass is 9.43. The molecule has 0 spiro atoms. The Morgan fingerprint density at radius 1 is 1.00 bits per heavy atom. The monoisotopic (exact) mass is 204 g/mol. The molecule has 5 fully saturated rings. The first-order chi connectivity index (χ1) is 6.95. The summed E-state index contributed by atoms with van der Waals surface area (Å²) in [5.74, 6) is 4.31. The molecule has 84 valence electrons. The molecule has 7 atom stereocenters. The maximum absolute atomic E-state index is 2.64. The second-order valence-corrected chi connectivity index (χ2v) is 7.81. The van der Waals surface area contributed by atoms with Crippen molar-refractivity contribution >= 4 is 0 Å². The van der Waals surface area contributed by atoms with E-state index in [9.17, 15) is 0 Å². The van der Waals surface area contributed by atoms with Gasteiger partial charge in [-0.25, -0.2) is 0 Å². The van der Waals surface area contributed by atoms with E-state index in [4.69, 9.17) is 0 Å². The molecule has 0 unspecified atom stereocenters. The van der Waals surface area contributed by atoms with Gasteiger partial charge in [0.25, 0.3) is 0 Å². The molecular formula is C15H24. The van der Waals surface area contributed by atoms with E-state index in [-0.39, 0.29) is 0 Å². The van der Waals surface area contributed by atoms with Gasteiger partial charge in [0.2, 0.25) is 0 Å². The van der Waals surface area contributed by atoms with Crippen molar-refractivity contribution in [3.8, 4) is 0 Å². The maximum Gasteiger partial charge on any atom is -0.0204 e. The van der Waals surface area contributed by atoms with Gasteiger partial charge in [-0.1, -0.05) is 27.7 Å². The van der Waals surface area contributed by atoms with Crippen molar-refractivity contribution in [2.45, 2.75) is 53.4 Å². The minimum atomic E-state index is 0.699. The first kappa shape index (κ1) is 9.07. The summed E-state index contributed by atoms with van der Waals surface area (Å²) in [4.78, 5) is 0. The van der Waals surface area contributed by atoms with Crippen LogP contribution >= 0.6 is 0 Å². The van der Waals surface area contributed by atoms with Crippen molar-refractivity contribution in [3.63, 3.8) is 0 Å². The van der Waals surface area contributed by atoms with Crippen LogP contribution in [0.25, 0.3) is 0 Å². The molecule has 5 rings (SSSR count). The van der Waals surface area contributed by atoms with Crippen LogP contribution in [0, 0.1) is 39.9 Å². The molecule has 6 bridgehead atoms. The fourth-order valence-corrected chi connectivity index (χ4v) is 6.80. The van der Waals surface area contributed by atoms with Crippen LogP contribution in [0.15, 0.2) is 0 Å². The normalized spacial score (nSPS) is 74.4. The van der Waals surface area contributed by atoms with Crippen molar-refractivity contribution < 1.29 is 0 Å². The summed E-state index contributed by atoms with van der Waals surface area (Å²) < 4.78 is 0. The summed E-state index contributed by atoms with van der Waals surface area (Å²) in [5.41, 5.74) is 2.17. The first-order valence-corrected chi connectivity index (χ1v) is 6.95. The molecular weight excluding hydrogens is 180 g/mol. The van der Waals surface area contributed by atoms with Crippen molar-refractivity contribution in [1.82, 2.24) is 0 Å². The van der Waals surface area contributed by atoms with Crippen LogP contribution in [0.2, 0.25) is 0 Å². The average molecular weight is 204 g/mol. The van der Waals surface area contributed by atoms with Crippen molar-refractivity contribution in [2.24, 2.45) is 39.9 Å². The fraction of sp³-hybridized carbons (Fsp3) is 1.00. The predicted octanol–water partition coefficient (Wildman–Crippen LogP) is 4.10. The molecule has 0 heterocycles. The molecule has 0 nitrogen and oxygen atoms in total. The predicted molar refractivity (Wildman–Crippen MR) is 62.4 cm³/mol. The van der Waals surface area contributed by atoms with Gasteiger partial charge in [0, 0.05) is 0 Å². The summed E-state index contributed by atoms with van der Waals surface area (Å²) in [6, 6.07) is 0. The van der Waals surface area contributed by atoms with Crippen LogP contribution in [-0.4, -0.2) is 0 Å². The Labute approximate surface area is 93.8 Å². The van der Waals surface area contributed by atoms with E-state index < -0.39 is 0 Å². The molecule has 0 aromatic rings. The Morgan fingerprint density at radius 2 is 1.73 bits per heavy atom. The third-order valence-corrected chi connectivity index (χ3v) is 8.12. The van der Waals surface area contributed by atoms with E-state index in [0.29, 0.717) is 10.8 Å². The first-order valence-electron chi connectivity index (χ1n) is 6.95. The van der Waals surface area contributed by atoms with Crippen molar-refractivity contribution in [1.29, 1.82) is 0 Å². The quantitative estimate of drug-likeness (QED) is 0.557. The zero-order valence-electron chi connectivity index (χ0n) is 10.6. The van der Waals surface area contributed by atoms with Crippen LogP contribution < -0.4 is 0 Å². The molecule has 5 aliphatic rings. The highest BCUT2D eigenvalue weighted by Gasteiger charge is 2.84. The topological polar surface area (TPSA) is 0 Å². The molecule has 0 saturated heterocycles. The lowest BCUT2D eigenvalue weighted by Gasteiger charge is -2.61. The zero-order chi connectivity index (χ0) is 10.6. The molecule has 15 heavy (non-hydrogen) atoms. The molecule has 0 radical (unpaired) electrons. The van der Waals surface area contributed by atoms with Crippen LogP contribution in [0.5, 0.6) is 0 Å². The summed E-state index contributed by atoms with van der Waals surface area (Å²) in [5, 5.41) is 0. The van der Waals surface area contributed by atoms with Gasteiger partial charge in [-0.15, -0.1) is 0 Å². The highest BCUT2D eigenvalue weighted by Crippen LogP contribution is 2.90. The summed E-state index contributed by atoms with van der Waals surface area (Å²) in [6.07, 6.45) is 6.17. The van der Waals surface area contributed by atoms with Gasteiger partial charge in [-0.05, 0) is 65.6 Å². The molecule has 0 heteroatoms. The summed E-state index contributed by atoms with van der Waals surface area (Å²) in [7, 11) is 0. The van der Waals surface area contributed by atoms with Gasteiger partial charge in [0.05, 0.1) is 0 Å². The van der Waals surface area contributed by atoms with Gasteiger partial charge in [-0.3, -0.25) is 0 Å². The third kappa shape index (κ3) is 0.620. The molecule has 0 aliphatic heterocycles. The highest BCUT2D eigenvalue weighted by molar-refractivity contribution is 5.32. The van der Waals surface area contributed by atoms with Crippen molar-refractivity contribution in [2.75, 3.05) is 0 Å². The zero-order valence-corrected chi connectivity index (χ0v) is 10.6. The SMILES string of the molecule is C[C@H]1CC[C@@]2(C)[C@]3(C)[C@@H]4C[C@@]2(C)[C@@H]1C[C@@H]43. The Morgan fingerprint density at radius 3 is 2.47 bits per heavy atom. The van der Waals surface area contributed by atoms with Gasteiger partial charge in [-0.2, -0.15) is 0 Å². The average Bonchev–Trinajstić information content (AvgIpc) is 2.71. The molecule has 5 saturated carbocycles. The van der Waals surface area contributed by atoms with E-state index in [0.717, 1.165) is 29.1 Å². The van der Waals surface area contributed by atoms with Crippen LogP contribution in [0.3, 0.4) is 0 Å². The number of rotatable bonds is 0. The summed E-state index contributed by atoms with van der Waals surface area (Å²) in [6.45, 7) is 10.4. The van der Waals surface area contributed by atoms with Gasteiger partial charge in [0.1, 0.15) is 0 Å². The number of hydrogen-bond acceptors (Lipinski definition) is 0. The molecule has 0 aromatic carbocycles. The largest absolute Gasteiger partial charge is 0.0622 e. The fourth-order valence-electron chi connectivity index (χ4n) is 6.80. The lowest BCUT2D eigenvalue weighted by Crippen LogP contribution is -2.54. The van der Waals surface area contributed by atoms with E-state index in [1.807, 2.05) is 0 Å². The number of hydrogen-bond donors (Lipinski definition) is 0. The Kier molecular flexibility index (Phi) is 1.24. The van der Waals surface area contributed by atoms with Crippen LogP contribution in [-0.2, 0) is 0 Å². The van der Waals surface area contributed by atoms with Gasteiger partial charge < -0.3 is 0 Å². The summed E-state index contributed by atoms with van der Waals surface area (Å²) >= 11 is 0. The van der Waals surface area contributed by atoms with Crippen molar-refractivity contribution in [3.05, 3.63) is 0 Å². The molecule has 0 aromatic heterocycles. The maximum atomic E-state index is 2.64. The van der Waals surface area contributed by atoms with Crippen LogP contribution in [0.4, 0.5) is 0 Å². The minimum absolute atomic E-state index is 0.699. The third-order valence-electron chi connectivity index (χ3n) is 8.12. The van der Waals surface area contributed by atoms with Gasteiger partial charge in [0.15, 0.2) is 0 Å².